The van der Waals surface area contributed by atoms with Gasteiger partial charge in [-0.25, -0.2) is 9.97 Å². The fourth-order valence-electron chi connectivity index (χ4n) is 7.24. The number of aromatic nitrogens is 3. The van der Waals surface area contributed by atoms with Crippen LogP contribution < -0.4 is 0 Å². The van der Waals surface area contributed by atoms with Crippen LogP contribution in [-0.4, -0.2) is 14.5 Å². The van der Waals surface area contributed by atoms with Gasteiger partial charge in [0, 0.05) is 42.3 Å². The first-order chi connectivity index (χ1) is 24.3. The molecular weight excluding hydrogens is 635 g/mol. The van der Waals surface area contributed by atoms with Crippen LogP contribution in [0.15, 0.2) is 171 Å². The van der Waals surface area contributed by atoms with E-state index in [1.54, 1.807) is 0 Å². The standard InChI is InChI=1S/C44H29N3S2/c1-3-13-29(14-4-1)35-27-36(30-15-5-2-6-16-30)46-44(45-35)31-17-11-18-32(26-31)47-37-24-22-28-12-7-8-19-33(28)41(37)34-23-25-40-43(42(34)47)49-39-21-10-9-20-38(39)48-40/h1-10,12-16,18-27H,11,17H2. The number of nitrogens with zero attached hydrogens (tertiary/aromatic N) is 3. The van der Waals surface area contributed by atoms with Crippen molar-refractivity contribution in [3.63, 3.8) is 0 Å². The van der Waals surface area contributed by atoms with Crippen molar-refractivity contribution in [2.24, 2.45) is 0 Å². The number of hydrogen-bond donors (Lipinski definition) is 0. The Kier molecular flexibility index (Phi) is 6.81. The van der Waals surface area contributed by atoms with Crippen LogP contribution in [0.4, 0.5) is 0 Å². The first-order valence-corrected chi connectivity index (χ1v) is 18.3. The molecule has 0 amide bonds. The molecule has 0 atom stereocenters. The van der Waals surface area contributed by atoms with Gasteiger partial charge in [0.25, 0.3) is 0 Å². The number of fused-ring (bicyclic) bond motifs is 8. The molecule has 1 aliphatic carbocycles. The summed E-state index contributed by atoms with van der Waals surface area (Å²) >= 11 is 3.77. The van der Waals surface area contributed by atoms with Gasteiger partial charge in [-0.3, -0.25) is 0 Å². The molecule has 0 N–H and O–H groups in total. The number of allylic oxidation sites excluding steroid dienone is 4. The minimum atomic E-state index is 0.790. The average Bonchev–Trinajstić information content (AvgIpc) is 3.53. The monoisotopic (exact) mass is 663 g/mol. The van der Waals surface area contributed by atoms with E-state index in [1.165, 1.54) is 57.9 Å². The van der Waals surface area contributed by atoms with Crippen molar-refractivity contribution in [1.29, 1.82) is 0 Å². The summed E-state index contributed by atoms with van der Waals surface area (Å²) in [6, 6.07) is 49.8. The van der Waals surface area contributed by atoms with Gasteiger partial charge in [0.2, 0.25) is 0 Å². The third kappa shape index (κ3) is 4.84. The number of benzene rings is 6. The van der Waals surface area contributed by atoms with E-state index in [-0.39, 0.29) is 0 Å². The predicted molar refractivity (Wildman–Crippen MR) is 206 cm³/mol. The average molecular weight is 664 g/mol. The fourth-order valence-corrected chi connectivity index (χ4v) is 9.62. The fraction of sp³-hybridized carbons (Fsp3) is 0.0455. The highest BCUT2D eigenvalue weighted by Gasteiger charge is 2.26. The van der Waals surface area contributed by atoms with Crippen LogP contribution in [0, 0.1) is 0 Å². The molecule has 0 spiro atoms. The molecule has 2 aliphatic rings. The van der Waals surface area contributed by atoms with E-state index < -0.39 is 0 Å². The molecular formula is C44H29N3S2. The molecule has 5 heteroatoms. The highest BCUT2D eigenvalue weighted by molar-refractivity contribution is 8.05. The topological polar surface area (TPSA) is 30.7 Å². The second kappa shape index (κ2) is 11.7. The molecule has 0 bridgehead atoms. The lowest BCUT2D eigenvalue weighted by Crippen LogP contribution is -2.05. The van der Waals surface area contributed by atoms with E-state index in [9.17, 15) is 0 Å². The van der Waals surface area contributed by atoms with Gasteiger partial charge in [-0.2, -0.15) is 0 Å². The molecule has 2 aromatic heterocycles. The van der Waals surface area contributed by atoms with Crippen molar-refractivity contribution in [3.05, 3.63) is 158 Å². The van der Waals surface area contributed by atoms with Gasteiger partial charge in [0.15, 0.2) is 5.82 Å². The van der Waals surface area contributed by atoms with Crippen molar-refractivity contribution < 1.29 is 0 Å². The Bertz CT molecular complexity index is 2600. The first kappa shape index (κ1) is 28.6. The third-order valence-electron chi connectivity index (χ3n) is 9.52. The number of rotatable bonds is 4. The maximum atomic E-state index is 5.21. The van der Waals surface area contributed by atoms with Crippen LogP contribution in [-0.2, 0) is 0 Å². The molecule has 1 aliphatic heterocycles. The maximum Gasteiger partial charge on any atom is 0.156 e. The molecule has 10 rings (SSSR count). The van der Waals surface area contributed by atoms with Gasteiger partial charge >= 0.3 is 0 Å². The van der Waals surface area contributed by atoms with E-state index in [1.807, 2.05) is 35.7 Å². The zero-order valence-electron chi connectivity index (χ0n) is 26.5. The van der Waals surface area contributed by atoms with Crippen molar-refractivity contribution >= 4 is 67.4 Å². The van der Waals surface area contributed by atoms with E-state index in [0.29, 0.717) is 0 Å². The summed E-state index contributed by atoms with van der Waals surface area (Å²) < 4.78 is 2.51. The van der Waals surface area contributed by atoms with Gasteiger partial charge in [-0.05, 0) is 65.6 Å². The van der Waals surface area contributed by atoms with Crippen molar-refractivity contribution in [2.75, 3.05) is 0 Å². The lowest BCUT2D eigenvalue weighted by molar-refractivity contribution is 0.994. The molecule has 49 heavy (non-hydrogen) atoms. The molecule has 0 saturated carbocycles. The van der Waals surface area contributed by atoms with Crippen LogP contribution in [0.5, 0.6) is 0 Å². The summed E-state index contributed by atoms with van der Waals surface area (Å²) in [5, 5.41) is 5.13. The summed E-state index contributed by atoms with van der Waals surface area (Å²) in [4.78, 5) is 15.7. The van der Waals surface area contributed by atoms with E-state index in [2.05, 4.69) is 144 Å². The van der Waals surface area contributed by atoms with Crippen LogP contribution in [0.2, 0.25) is 0 Å². The van der Waals surface area contributed by atoms with Crippen molar-refractivity contribution in [1.82, 2.24) is 14.5 Å². The van der Waals surface area contributed by atoms with Crippen LogP contribution in [0.3, 0.4) is 0 Å². The molecule has 6 aromatic carbocycles. The van der Waals surface area contributed by atoms with Gasteiger partial charge < -0.3 is 4.57 Å². The SMILES string of the molecule is C1=C(c2nc(-c3ccccc3)cc(-c3ccccc3)n2)CCC=C1n1c2ccc3ccccc3c2c2ccc3c(c21)Sc1ccccc1S3. The molecule has 0 unspecified atom stereocenters. The Morgan fingerprint density at radius 1 is 0.571 bits per heavy atom. The zero-order valence-corrected chi connectivity index (χ0v) is 28.1. The summed E-state index contributed by atoms with van der Waals surface area (Å²) in [6.45, 7) is 0. The third-order valence-corrected chi connectivity index (χ3v) is 12.1. The lowest BCUT2D eigenvalue weighted by Gasteiger charge is -2.22. The Labute approximate surface area is 293 Å². The quantitative estimate of drug-likeness (QED) is 0.187. The van der Waals surface area contributed by atoms with Gasteiger partial charge in [-0.1, -0.05) is 139 Å². The summed E-state index contributed by atoms with van der Waals surface area (Å²) in [7, 11) is 0. The predicted octanol–water partition coefficient (Wildman–Crippen LogP) is 12.4. The van der Waals surface area contributed by atoms with Gasteiger partial charge in [-0.15, -0.1) is 0 Å². The molecule has 0 radical (unpaired) electrons. The largest absolute Gasteiger partial charge is 0.308 e. The Hall–Kier alpha value is -5.36. The zero-order chi connectivity index (χ0) is 32.3. The van der Waals surface area contributed by atoms with Crippen LogP contribution in [0.25, 0.3) is 66.4 Å². The normalized spacial score (nSPS) is 14.0. The molecule has 0 fully saturated rings. The second-order valence-electron chi connectivity index (χ2n) is 12.5. The van der Waals surface area contributed by atoms with Crippen molar-refractivity contribution in [2.45, 2.75) is 32.4 Å². The second-order valence-corrected chi connectivity index (χ2v) is 14.6. The maximum absolute atomic E-state index is 5.21. The highest BCUT2D eigenvalue weighted by atomic mass is 32.2. The molecule has 3 heterocycles. The van der Waals surface area contributed by atoms with Crippen LogP contribution >= 0.6 is 23.5 Å². The Balaban J connectivity index is 1.20. The number of hydrogen-bond acceptors (Lipinski definition) is 4. The van der Waals surface area contributed by atoms with E-state index in [0.717, 1.165) is 46.8 Å². The van der Waals surface area contributed by atoms with E-state index in [4.69, 9.17) is 9.97 Å². The van der Waals surface area contributed by atoms with Gasteiger partial charge in [0.1, 0.15) is 0 Å². The minimum absolute atomic E-state index is 0.790. The van der Waals surface area contributed by atoms with Crippen LogP contribution in [0.1, 0.15) is 18.7 Å². The Morgan fingerprint density at radius 3 is 2.00 bits per heavy atom. The molecule has 0 saturated heterocycles. The van der Waals surface area contributed by atoms with E-state index >= 15 is 0 Å². The summed E-state index contributed by atoms with van der Waals surface area (Å²) in [5.74, 6) is 0.790. The minimum Gasteiger partial charge on any atom is -0.308 e. The first-order valence-electron chi connectivity index (χ1n) is 16.6. The molecule has 232 valence electrons. The summed E-state index contributed by atoms with van der Waals surface area (Å²) in [5.41, 5.74) is 8.86. The molecule has 8 aromatic rings. The smallest absolute Gasteiger partial charge is 0.156 e. The highest BCUT2D eigenvalue weighted by Crippen LogP contribution is 2.53. The molecule has 3 nitrogen and oxygen atoms in total. The Morgan fingerprint density at radius 2 is 1.24 bits per heavy atom. The summed E-state index contributed by atoms with van der Waals surface area (Å²) in [6.07, 6.45) is 6.52. The van der Waals surface area contributed by atoms with Gasteiger partial charge in [0.05, 0.1) is 27.3 Å². The van der Waals surface area contributed by atoms with Crippen molar-refractivity contribution in [3.8, 4) is 22.5 Å². The lowest BCUT2D eigenvalue weighted by atomic mass is 10.0.